The fourth-order valence-electron chi connectivity index (χ4n) is 0.430. The summed E-state index contributed by atoms with van der Waals surface area (Å²) in [6, 6.07) is 0. The average molecular weight is 145 g/mol. The molecule has 0 amide bonds. The molecule has 0 heterocycles. The van der Waals surface area contributed by atoms with Crippen LogP contribution in [0.5, 0.6) is 0 Å². The molecule has 0 saturated carbocycles. The third-order valence-electron chi connectivity index (χ3n) is 0.930. The molecule has 4 nitrogen and oxygen atoms in total. The van der Waals surface area contributed by atoms with Gasteiger partial charge in [-0.3, -0.25) is 4.99 Å². The average Bonchev–Trinajstić information content (AvgIpc) is 1.98. The highest BCUT2D eigenvalue weighted by Crippen LogP contribution is 1.81. The molecule has 0 aromatic carbocycles. The minimum atomic E-state index is -0.451. The monoisotopic (exact) mass is 145 g/mol. The Labute approximate surface area is 59.5 Å². The SMILES string of the molecule is COC(=O)C(C)=NCCO. The molecule has 58 valence electrons. The van der Waals surface area contributed by atoms with Gasteiger partial charge in [0, 0.05) is 0 Å². The highest BCUT2D eigenvalue weighted by atomic mass is 16.5. The number of aliphatic hydroxyl groups is 1. The third-order valence-corrected chi connectivity index (χ3v) is 0.930. The Kier molecular flexibility index (Phi) is 4.49. The summed E-state index contributed by atoms with van der Waals surface area (Å²) in [5.74, 6) is -0.451. The Hall–Kier alpha value is -0.900. The lowest BCUT2D eigenvalue weighted by molar-refractivity contribution is -0.132. The van der Waals surface area contributed by atoms with Crippen molar-refractivity contribution in [3.63, 3.8) is 0 Å². The van der Waals surface area contributed by atoms with E-state index < -0.39 is 5.97 Å². The first-order valence-corrected chi connectivity index (χ1v) is 2.92. The second-order valence-electron chi connectivity index (χ2n) is 1.68. The van der Waals surface area contributed by atoms with Crippen molar-refractivity contribution in [2.45, 2.75) is 6.92 Å². The molecule has 0 aliphatic rings. The standard InChI is InChI=1S/C6H11NO3/c1-5(6(9)10-2)7-3-4-8/h8H,3-4H2,1-2H3. The Balaban J connectivity index is 3.80. The topological polar surface area (TPSA) is 58.9 Å². The number of aliphatic hydroxyl groups excluding tert-OH is 1. The van der Waals surface area contributed by atoms with Crippen molar-refractivity contribution in [3.05, 3.63) is 0 Å². The van der Waals surface area contributed by atoms with Crippen LogP contribution in [0.4, 0.5) is 0 Å². The van der Waals surface area contributed by atoms with Crippen LogP contribution in [0.3, 0.4) is 0 Å². The van der Waals surface area contributed by atoms with Gasteiger partial charge < -0.3 is 9.84 Å². The van der Waals surface area contributed by atoms with Gasteiger partial charge in [-0.25, -0.2) is 4.79 Å². The molecule has 4 heteroatoms. The molecule has 0 aliphatic heterocycles. The van der Waals surface area contributed by atoms with Gasteiger partial charge in [0.2, 0.25) is 0 Å². The summed E-state index contributed by atoms with van der Waals surface area (Å²) in [5.41, 5.74) is 0.288. The summed E-state index contributed by atoms with van der Waals surface area (Å²) in [7, 11) is 1.29. The molecule has 0 aliphatic carbocycles. The van der Waals surface area contributed by atoms with Crippen molar-refractivity contribution in [1.29, 1.82) is 0 Å². The van der Waals surface area contributed by atoms with E-state index in [4.69, 9.17) is 5.11 Å². The molecule has 0 bridgehead atoms. The molecule has 0 saturated heterocycles. The number of hydrogen-bond acceptors (Lipinski definition) is 4. The summed E-state index contributed by atoms with van der Waals surface area (Å²) in [6.07, 6.45) is 0. The summed E-state index contributed by atoms with van der Waals surface area (Å²) in [5, 5.41) is 8.31. The molecule has 0 rings (SSSR count). The van der Waals surface area contributed by atoms with E-state index in [1.807, 2.05) is 0 Å². The first-order chi connectivity index (χ1) is 4.72. The van der Waals surface area contributed by atoms with Gasteiger partial charge in [0.1, 0.15) is 5.71 Å². The van der Waals surface area contributed by atoms with E-state index in [0.717, 1.165) is 0 Å². The number of methoxy groups -OCH3 is 1. The number of nitrogens with zero attached hydrogens (tertiary/aromatic N) is 1. The van der Waals surface area contributed by atoms with E-state index in [1.165, 1.54) is 7.11 Å². The normalized spacial score (nSPS) is 11.3. The predicted octanol–water partition coefficient (Wildman–Crippen LogP) is -0.387. The van der Waals surface area contributed by atoms with Crippen LogP contribution in [0.15, 0.2) is 4.99 Å². The molecule has 0 radical (unpaired) electrons. The first kappa shape index (κ1) is 9.10. The maximum Gasteiger partial charge on any atom is 0.351 e. The zero-order valence-electron chi connectivity index (χ0n) is 6.13. The van der Waals surface area contributed by atoms with E-state index in [-0.39, 0.29) is 18.9 Å². The molecule has 10 heavy (non-hydrogen) atoms. The van der Waals surface area contributed by atoms with E-state index in [1.54, 1.807) is 6.92 Å². The maximum atomic E-state index is 10.6. The van der Waals surface area contributed by atoms with Crippen LogP contribution in [-0.2, 0) is 9.53 Å². The minimum absolute atomic E-state index is 0.0473. The summed E-state index contributed by atoms with van der Waals surface area (Å²) < 4.78 is 4.36. The Morgan fingerprint density at radius 3 is 2.70 bits per heavy atom. The summed E-state index contributed by atoms with van der Waals surface area (Å²) >= 11 is 0. The lowest BCUT2D eigenvalue weighted by atomic mass is 10.4. The van der Waals surface area contributed by atoms with Crippen LogP contribution < -0.4 is 0 Å². The van der Waals surface area contributed by atoms with Gasteiger partial charge >= 0.3 is 5.97 Å². The van der Waals surface area contributed by atoms with Crippen molar-refractivity contribution >= 4 is 11.7 Å². The number of carbonyl (C=O) groups is 1. The quantitative estimate of drug-likeness (QED) is 0.434. The minimum Gasteiger partial charge on any atom is -0.465 e. The third kappa shape index (κ3) is 3.19. The van der Waals surface area contributed by atoms with Crippen LogP contribution in [0, 0.1) is 0 Å². The Bertz CT molecular complexity index is 142. The number of carbonyl (C=O) groups excluding carboxylic acids is 1. The van der Waals surface area contributed by atoms with E-state index in [2.05, 4.69) is 9.73 Å². The van der Waals surface area contributed by atoms with Gasteiger partial charge in [0.05, 0.1) is 20.3 Å². The van der Waals surface area contributed by atoms with Crippen molar-refractivity contribution in [3.8, 4) is 0 Å². The number of rotatable bonds is 3. The molecule has 0 aromatic rings. The highest BCUT2D eigenvalue weighted by molar-refractivity contribution is 6.35. The lowest BCUT2D eigenvalue weighted by Gasteiger charge is -1.95. The Morgan fingerprint density at radius 2 is 2.30 bits per heavy atom. The fourth-order valence-corrected chi connectivity index (χ4v) is 0.430. The second kappa shape index (κ2) is 4.93. The van der Waals surface area contributed by atoms with Crippen LogP contribution >= 0.6 is 0 Å². The molecular formula is C6H11NO3. The van der Waals surface area contributed by atoms with E-state index in [9.17, 15) is 4.79 Å². The zero-order valence-corrected chi connectivity index (χ0v) is 6.13. The zero-order chi connectivity index (χ0) is 7.98. The number of aliphatic imine (C=N–C) groups is 1. The smallest absolute Gasteiger partial charge is 0.351 e. The van der Waals surface area contributed by atoms with Crippen molar-refractivity contribution in [2.24, 2.45) is 4.99 Å². The molecule has 0 unspecified atom stereocenters. The second-order valence-corrected chi connectivity index (χ2v) is 1.68. The summed E-state index contributed by atoms with van der Waals surface area (Å²) in [4.78, 5) is 14.3. The molecule has 0 spiro atoms. The van der Waals surface area contributed by atoms with Gasteiger partial charge in [0.15, 0.2) is 0 Å². The molecule has 0 aromatic heterocycles. The molecular weight excluding hydrogens is 134 g/mol. The first-order valence-electron chi connectivity index (χ1n) is 2.92. The van der Waals surface area contributed by atoms with Crippen molar-refractivity contribution in [1.82, 2.24) is 0 Å². The molecule has 1 N–H and O–H groups in total. The Morgan fingerprint density at radius 1 is 1.70 bits per heavy atom. The maximum absolute atomic E-state index is 10.6. The van der Waals surface area contributed by atoms with Gasteiger partial charge in [-0.05, 0) is 6.92 Å². The number of ether oxygens (including phenoxy) is 1. The van der Waals surface area contributed by atoms with Crippen LogP contribution in [-0.4, -0.2) is 37.0 Å². The molecule has 0 atom stereocenters. The van der Waals surface area contributed by atoms with Crippen molar-refractivity contribution in [2.75, 3.05) is 20.3 Å². The van der Waals surface area contributed by atoms with Crippen LogP contribution in [0.1, 0.15) is 6.92 Å². The van der Waals surface area contributed by atoms with Gasteiger partial charge in [-0.2, -0.15) is 0 Å². The predicted molar refractivity (Wildman–Crippen MR) is 37.1 cm³/mol. The fraction of sp³-hybridized carbons (Fsp3) is 0.667. The highest BCUT2D eigenvalue weighted by Gasteiger charge is 2.02. The number of hydrogen-bond donors (Lipinski definition) is 1. The van der Waals surface area contributed by atoms with Crippen molar-refractivity contribution < 1.29 is 14.6 Å². The lowest BCUT2D eigenvalue weighted by Crippen LogP contribution is -2.12. The van der Waals surface area contributed by atoms with Gasteiger partial charge in [-0.1, -0.05) is 0 Å². The van der Waals surface area contributed by atoms with E-state index in [0.29, 0.717) is 0 Å². The number of esters is 1. The van der Waals surface area contributed by atoms with Gasteiger partial charge in [-0.15, -0.1) is 0 Å². The molecule has 0 fully saturated rings. The van der Waals surface area contributed by atoms with E-state index >= 15 is 0 Å². The summed E-state index contributed by atoms with van der Waals surface area (Å²) in [6.45, 7) is 1.75. The van der Waals surface area contributed by atoms with Crippen LogP contribution in [0.25, 0.3) is 0 Å². The van der Waals surface area contributed by atoms with Gasteiger partial charge in [0.25, 0.3) is 0 Å². The largest absolute Gasteiger partial charge is 0.465 e. The van der Waals surface area contributed by atoms with Crippen LogP contribution in [0.2, 0.25) is 0 Å².